The van der Waals surface area contributed by atoms with Gasteiger partial charge in [-0.05, 0) is 33.8 Å². The summed E-state index contributed by atoms with van der Waals surface area (Å²) in [5, 5.41) is 17.1. The first-order valence-electron chi connectivity index (χ1n) is 7.85. The zero-order valence-corrected chi connectivity index (χ0v) is 14.8. The Morgan fingerprint density at radius 1 is 1.00 bits per heavy atom. The van der Waals surface area contributed by atoms with Gasteiger partial charge in [-0.25, -0.2) is 0 Å². The molecule has 0 fully saturated rings. The molecule has 0 saturated carbocycles. The highest BCUT2D eigenvalue weighted by Crippen LogP contribution is 2.20. The summed E-state index contributed by atoms with van der Waals surface area (Å²) in [6.07, 6.45) is 1.55. The first kappa shape index (κ1) is 17.4. The lowest BCUT2D eigenvalue weighted by Crippen LogP contribution is -2.20. The van der Waals surface area contributed by atoms with Gasteiger partial charge in [0.25, 0.3) is 5.91 Å². The van der Waals surface area contributed by atoms with Crippen LogP contribution in [0.3, 0.4) is 0 Å². The van der Waals surface area contributed by atoms with Crippen LogP contribution in [-0.4, -0.2) is 31.9 Å². The molecule has 0 aliphatic rings. The maximum absolute atomic E-state index is 12.3. The van der Waals surface area contributed by atoms with Gasteiger partial charge < -0.3 is 19.7 Å². The summed E-state index contributed by atoms with van der Waals surface area (Å²) in [4.78, 5) is 24.4. The predicted octanol–water partition coefficient (Wildman–Crippen LogP) is 1.98. The summed E-state index contributed by atoms with van der Waals surface area (Å²) in [5.41, 5.74) is 2.40. The molecule has 0 saturated heterocycles. The van der Waals surface area contributed by atoms with Gasteiger partial charge in [-0.2, -0.15) is 5.10 Å². The van der Waals surface area contributed by atoms with E-state index in [9.17, 15) is 9.59 Å². The lowest BCUT2D eigenvalue weighted by Gasteiger charge is -2.04. The highest BCUT2D eigenvalue weighted by Gasteiger charge is 2.17. The van der Waals surface area contributed by atoms with Crippen LogP contribution in [0, 0.1) is 27.7 Å². The molecule has 3 heterocycles. The van der Waals surface area contributed by atoms with Gasteiger partial charge in [-0.3, -0.25) is 14.3 Å². The van der Waals surface area contributed by atoms with E-state index in [0.717, 1.165) is 0 Å². The Morgan fingerprint density at radius 2 is 1.58 bits per heavy atom. The quantitative estimate of drug-likeness (QED) is 0.713. The largest absolute Gasteiger partial charge is 0.359 e. The van der Waals surface area contributed by atoms with Crippen molar-refractivity contribution in [1.29, 1.82) is 0 Å². The maximum atomic E-state index is 12.3. The number of hydrogen-bond donors (Lipinski definition) is 2. The molecule has 2 N–H and O–H groups in total. The van der Waals surface area contributed by atoms with Crippen molar-refractivity contribution in [2.45, 2.75) is 34.2 Å². The number of anilines is 2. The molecule has 0 bridgehead atoms. The van der Waals surface area contributed by atoms with Gasteiger partial charge in [0.2, 0.25) is 5.91 Å². The number of aromatic nitrogens is 4. The van der Waals surface area contributed by atoms with E-state index in [2.05, 4.69) is 26.0 Å². The molecular weight excluding hydrogens is 340 g/mol. The number of rotatable bonds is 5. The highest BCUT2D eigenvalue weighted by molar-refractivity contribution is 6.03. The molecule has 136 valence electrons. The number of nitrogens with one attached hydrogen (secondary N) is 2. The number of aryl methyl sites for hydroxylation is 4. The molecule has 3 aromatic heterocycles. The highest BCUT2D eigenvalue weighted by atomic mass is 16.5. The Balaban J connectivity index is 1.64. The fourth-order valence-electron chi connectivity index (χ4n) is 2.40. The number of nitrogens with zero attached hydrogens (tertiary/aromatic N) is 4. The van der Waals surface area contributed by atoms with Crippen LogP contribution in [0.25, 0.3) is 0 Å². The molecule has 0 atom stereocenters. The van der Waals surface area contributed by atoms with Gasteiger partial charge in [-0.1, -0.05) is 10.3 Å². The molecule has 3 aromatic rings. The van der Waals surface area contributed by atoms with Crippen LogP contribution in [0.4, 0.5) is 11.4 Å². The van der Waals surface area contributed by atoms with Gasteiger partial charge >= 0.3 is 0 Å². The van der Waals surface area contributed by atoms with Crippen molar-refractivity contribution >= 4 is 23.2 Å². The van der Waals surface area contributed by atoms with Crippen molar-refractivity contribution < 1.29 is 18.6 Å². The smallest absolute Gasteiger partial charge is 0.276 e. The first-order valence-corrected chi connectivity index (χ1v) is 7.85. The van der Waals surface area contributed by atoms with Crippen molar-refractivity contribution in [3.63, 3.8) is 0 Å². The minimum atomic E-state index is -0.413. The van der Waals surface area contributed by atoms with E-state index in [1.54, 1.807) is 33.9 Å². The van der Waals surface area contributed by atoms with Gasteiger partial charge in [0.05, 0.1) is 0 Å². The number of carbonyl (C=O) groups excluding carboxylic acids is 2. The molecule has 0 aliphatic heterocycles. The van der Waals surface area contributed by atoms with E-state index in [-0.39, 0.29) is 18.1 Å². The summed E-state index contributed by atoms with van der Waals surface area (Å²) in [6.45, 7) is 6.82. The van der Waals surface area contributed by atoms with Crippen molar-refractivity contribution in [2.24, 2.45) is 0 Å². The first-order chi connectivity index (χ1) is 12.3. The molecule has 3 rings (SSSR count). The van der Waals surface area contributed by atoms with Crippen molar-refractivity contribution in [2.75, 3.05) is 10.6 Å². The van der Waals surface area contributed by atoms with Crippen LogP contribution in [0.15, 0.2) is 21.3 Å². The van der Waals surface area contributed by atoms with Crippen molar-refractivity contribution in [3.05, 3.63) is 40.9 Å². The lowest BCUT2D eigenvalue weighted by molar-refractivity contribution is -0.116. The molecule has 26 heavy (non-hydrogen) atoms. The molecule has 0 aliphatic carbocycles. The minimum Gasteiger partial charge on any atom is -0.359 e. The predicted molar refractivity (Wildman–Crippen MR) is 90.8 cm³/mol. The van der Waals surface area contributed by atoms with E-state index in [0.29, 0.717) is 34.3 Å². The molecule has 0 unspecified atom stereocenters. The normalized spacial score (nSPS) is 10.8. The summed E-state index contributed by atoms with van der Waals surface area (Å²) in [5.74, 6) is 0.314. The second kappa shape index (κ2) is 6.82. The Kier molecular flexibility index (Phi) is 4.57. The SMILES string of the molecule is Cc1noc(C)c1NC(=O)Cn1ccc(C(=O)Nc2c(C)noc2C)n1. The standard InChI is InChI=1S/C16H18N6O4/c1-8-14(10(3)25-20-8)17-13(23)7-22-6-5-12(19-22)16(24)18-15-9(2)21-26-11(15)4/h5-6H,7H2,1-4H3,(H,17,23)(H,18,24). The van der Waals surface area contributed by atoms with Crippen LogP contribution in [0.2, 0.25) is 0 Å². The van der Waals surface area contributed by atoms with Gasteiger partial charge in [0.1, 0.15) is 29.3 Å². The minimum absolute atomic E-state index is 0.0529. The zero-order chi connectivity index (χ0) is 18.8. The molecule has 0 spiro atoms. The van der Waals surface area contributed by atoms with E-state index < -0.39 is 5.91 Å². The zero-order valence-electron chi connectivity index (χ0n) is 14.8. The Morgan fingerprint density at radius 3 is 2.12 bits per heavy atom. The molecule has 0 radical (unpaired) electrons. The molecule has 10 heteroatoms. The fourth-order valence-corrected chi connectivity index (χ4v) is 2.40. The van der Waals surface area contributed by atoms with Gasteiger partial charge in [-0.15, -0.1) is 0 Å². The van der Waals surface area contributed by atoms with Crippen LogP contribution in [-0.2, 0) is 11.3 Å². The Labute approximate surface area is 148 Å². The lowest BCUT2D eigenvalue weighted by atomic mass is 10.3. The third-order valence-electron chi connectivity index (χ3n) is 3.75. The van der Waals surface area contributed by atoms with Crippen LogP contribution < -0.4 is 10.6 Å². The summed E-state index contributed by atoms with van der Waals surface area (Å²) in [6, 6.07) is 1.52. The average molecular weight is 358 g/mol. The van der Waals surface area contributed by atoms with Crippen molar-refractivity contribution in [1.82, 2.24) is 20.1 Å². The molecular formula is C16H18N6O4. The van der Waals surface area contributed by atoms with E-state index >= 15 is 0 Å². The second-order valence-electron chi connectivity index (χ2n) is 5.80. The van der Waals surface area contributed by atoms with Gasteiger partial charge in [0, 0.05) is 6.20 Å². The number of hydrogen-bond acceptors (Lipinski definition) is 7. The number of carbonyl (C=O) groups is 2. The summed E-state index contributed by atoms with van der Waals surface area (Å²) >= 11 is 0. The maximum Gasteiger partial charge on any atom is 0.276 e. The average Bonchev–Trinajstić information content (AvgIpc) is 3.26. The third-order valence-corrected chi connectivity index (χ3v) is 3.75. The van der Waals surface area contributed by atoms with Gasteiger partial charge in [0.15, 0.2) is 17.2 Å². The monoisotopic (exact) mass is 358 g/mol. The summed E-state index contributed by atoms with van der Waals surface area (Å²) in [7, 11) is 0. The number of amides is 2. The molecule has 0 aromatic carbocycles. The van der Waals surface area contributed by atoms with Crippen LogP contribution >= 0.6 is 0 Å². The van der Waals surface area contributed by atoms with E-state index in [4.69, 9.17) is 9.05 Å². The topological polar surface area (TPSA) is 128 Å². The van der Waals surface area contributed by atoms with Crippen molar-refractivity contribution in [3.8, 4) is 0 Å². The fraction of sp³-hybridized carbons (Fsp3) is 0.312. The Bertz CT molecular complexity index is 928. The summed E-state index contributed by atoms with van der Waals surface area (Å²) < 4.78 is 11.4. The molecule has 10 nitrogen and oxygen atoms in total. The van der Waals surface area contributed by atoms with E-state index in [1.807, 2.05) is 0 Å². The van der Waals surface area contributed by atoms with Crippen LogP contribution in [0.1, 0.15) is 33.4 Å². The third kappa shape index (κ3) is 3.48. The molecule has 2 amide bonds. The second-order valence-corrected chi connectivity index (χ2v) is 5.80. The van der Waals surface area contributed by atoms with E-state index in [1.165, 1.54) is 10.7 Å². The van der Waals surface area contributed by atoms with Crippen LogP contribution in [0.5, 0.6) is 0 Å². The Hall–Kier alpha value is -3.43.